The second-order valence-corrected chi connectivity index (χ2v) is 4.60. The number of aromatic amines is 1. The number of nitrogens with one attached hydrogen (secondary N) is 2. The number of nitrogens with zero attached hydrogens (tertiary/aromatic N) is 2. The second kappa shape index (κ2) is 4.25. The number of rotatable bonds is 1. The first-order chi connectivity index (χ1) is 9.22. The van der Waals surface area contributed by atoms with Crippen molar-refractivity contribution >= 4 is 11.7 Å². The Balaban J connectivity index is 2.21. The van der Waals surface area contributed by atoms with Crippen LogP contribution in [0.4, 0.5) is 5.82 Å². The minimum atomic E-state index is -0.730. The highest BCUT2D eigenvalue weighted by atomic mass is 16.2. The first-order valence-electron chi connectivity index (χ1n) is 6.02. The van der Waals surface area contributed by atoms with Gasteiger partial charge in [0.25, 0.3) is 0 Å². The Kier molecular flexibility index (Phi) is 2.57. The largest absolute Gasteiger partial charge is 0.308 e. The van der Waals surface area contributed by atoms with Crippen molar-refractivity contribution in [2.75, 3.05) is 5.32 Å². The highest BCUT2D eigenvalue weighted by Gasteiger charge is 2.39. The standard InChI is InChI=1S/C14H12N4O/c1-8-11-12(9-5-3-2-4-6-9)10(7-15)14(19)16-13(11)18-17-8/h2-6,10,12H,1H3,(H2,16,17,18,19). The number of amides is 1. The summed E-state index contributed by atoms with van der Waals surface area (Å²) < 4.78 is 0. The summed E-state index contributed by atoms with van der Waals surface area (Å²) in [6.45, 7) is 1.90. The lowest BCUT2D eigenvalue weighted by molar-refractivity contribution is -0.119. The third kappa shape index (κ3) is 1.69. The molecule has 0 spiro atoms. The molecule has 0 saturated carbocycles. The Morgan fingerprint density at radius 3 is 2.74 bits per heavy atom. The van der Waals surface area contributed by atoms with Crippen molar-refractivity contribution in [3.8, 4) is 6.07 Å². The van der Waals surface area contributed by atoms with E-state index in [1.54, 1.807) is 0 Å². The van der Waals surface area contributed by atoms with Crippen LogP contribution in [0.25, 0.3) is 0 Å². The van der Waals surface area contributed by atoms with Gasteiger partial charge >= 0.3 is 0 Å². The molecule has 2 N–H and O–H groups in total. The molecule has 1 aromatic heterocycles. The molecule has 1 aliphatic rings. The summed E-state index contributed by atoms with van der Waals surface area (Å²) >= 11 is 0. The van der Waals surface area contributed by atoms with Crippen molar-refractivity contribution in [3.63, 3.8) is 0 Å². The highest BCUT2D eigenvalue weighted by molar-refractivity contribution is 5.98. The maximum Gasteiger partial charge on any atom is 0.243 e. The number of H-pyrrole nitrogens is 1. The number of nitriles is 1. The minimum absolute atomic E-state index is 0.270. The molecule has 3 rings (SSSR count). The molecule has 0 radical (unpaired) electrons. The van der Waals surface area contributed by atoms with Gasteiger partial charge < -0.3 is 5.32 Å². The Hall–Kier alpha value is -2.61. The number of fused-ring (bicyclic) bond motifs is 1. The molecule has 0 fully saturated rings. The molecule has 1 aliphatic heterocycles. The fraction of sp³-hybridized carbons (Fsp3) is 0.214. The van der Waals surface area contributed by atoms with E-state index in [2.05, 4.69) is 21.6 Å². The number of hydrogen-bond acceptors (Lipinski definition) is 3. The summed E-state index contributed by atoms with van der Waals surface area (Å²) in [5, 5.41) is 18.9. The lowest BCUT2D eigenvalue weighted by Crippen LogP contribution is -2.33. The quantitative estimate of drug-likeness (QED) is 0.813. The highest BCUT2D eigenvalue weighted by Crippen LogP contribution is 2.40. The Morgan fingerprint density at radius 2 is 2.05 bits per heavy atom. The van der Waals surface area contributed by atoms with E-state index >= 15 is 0 Å². The topological polar surface area (TPSA) is 81.6 Å². The summed E-state index contributed by atoms with van der Waals surface area (Å²) in [7, 11) is 0. The molecule has 94 valence electrons. The lowest BCUT2D eigenvalue weighted by Gasteiger charge is -2.27. The van der Waals surface area contributed by atoms with Gasteiger partial charge in [0.2, 0.25) is 5.91 Å². The van der Waals surface area contributed by atoms with Crippen LogP contribution in [0.5, 0.6) is 0 Å². The molecule has 2 aromatic rings. The molecular formula is C14H12N4O. The fourth-order valence-corrected chi connectivity index (χ4v) is 2.58. The Bertz CT molecular complexity index is 668. The van der Waals surface area contributed by atoms with Gasteiger partial charge in [0, 0.05) is 17.2 Å². The van der Waals surface area contributed by atoms with Crippen LogP contribution in [-0.2, 0) is 4.79 Å². The van der Waals surface area contributed by atoms with Gasteiger partial charge in [-0.1, -0.05) is 30.3 Å². The van der Waals surface area contributed by atoms with Crippen LogP contribution < -0.4 is 5.32 Å². The summed E-state index contributed by atoms with van der Waals surface area (Å²) in [5.41, 5.74) is 2.73. The maximum absolute atomic E-state index is 12.0. The Labute approximate surface area is 110 Å². The number of benzene rings is 1. The molecule has 0 aliphatic carbocycles. The van der Waals surface area contributed by atoms with Gasteiger partial charge in [-0.3, -0.25) is 9.89 Å². The van der Waals surface area contributed by atoms with Gasteiger partial charge in [-0.05, 0) is 12.5 Å². The van der Waals surface area contributed by atoms with Gasteiger partial charge in [0.1, 0.15) is 5.92 Å². The number of anilines is 1. The van der Waals surface area contributed by atoms with E-state index in [4.69, 9.17) is 0 Å². The molecule has 2 heterocycles. The number of carbonyl (C=O) groups excluding carboxylic acids is 1. The summed E-state index contributed by atoms with van der Waals surface area (Å²) in [5.74, 6) is -0.766. The minimum Gasteiger partial charge on any atom is -0.308 e. The molecular weight excluding hydrogens is 240 g/mol. The zero-order chi connectivity index (χ0) is 13.4. The predicted octanol–water partition coefficient (Wildman–Crippen LogP) is 1.94. The summed E-state index contributed by atoms with van der Waals surface area (Å²) in [6.07, 6.45) is 0. The zero-order valence-electron chi connectivity index (χ0n) is 10.3. The van der Waals surface area contributed by atoms with Gasteiger partial charge in [-0.25, -0.2) is 0 Å². The smallest absolute Gasteiger partial charge is 0.243 e. The second-order valence-electron chi connectivity index (χ2n) is 4.60. The molecule has 0 bridgehead atoms. The maximum atomic E-state index is 12.0. The van der Waals surface area contributed by atoms with Gasteiger partial charge in [-0.2, -0.15) is 10.4 Å². The lowest BCUT2D eigenvalue weighted by atomic mass is 9.78. The van der Waals surface area contributed by atoms with Crippen molar-refractivity contribution in [1.29, 1.82) is 5.26 Å². The molecule has 19 heavy (non-hydrogen) atoms. The third-order valence-electron chi connectivity index (χ3n) is 3.46. The van der Waals surface area contributed by atoms with Crippen LogP contribution in [-0.4, -0.2) is 16.1 Å². The van der Waals surface area contributed by atoms with E-state index in [0.717, 1.165) is 16.8 Å². The molecule has 1 aromatic carbocycles. The van der Waals surface area contributed by atoms with E-state index in [9.17, 15) is 10.1 Å². The third-order valence-corrected chi connectivity index (χ3v) is 3.46. The molecule has 2 atom stereocenters. The normalized spacial score (nSPS) is 21.4. The molecule has 0 saturated heterocycles. The predicted molar refractivity (Wildman–Crippen MR) is 69.3 cm³/mol. The number of hydrogen-bond donors (Lipinski definition) is 2. The van der Waals surface area contributed by atoms with Crippen molar-refractivity contribution in [3.05, 3.63) is 47.2 Å². The van der Waals surface area contributed by atoms with Crippen LogP contribution in [0, 0.1) is 24.2 Å². The number of aryl methyl sites for hydroxylation is 1. The van der Waals surface area contributed by atoms with Crippen molar-refractivity contribution in [2.24, 2.45) is 5.92 Å². The van der Waals surface area contributed by atoms with Crippen molar-refractivity contribution in [1.82, 2.24) is 10.2 Å². The molecule has 5 heteroatoms. The van der Waals surface area contributed by atoms with Gasteiger partial charge in [0.05, 0.1) is 6.07 Å². The first kappa shape index (κ1) is 11.5. The summed E-state index contributed by atoms with van der Waals surface area (Å²) in [4.78, 5) is 12.0. The summed E-state index contributed by atoms with van der Waals surface area (Å²) in [6, 6.07) is 11.7. The van der Waals surface area contributed by atoms with Crippen molar-refractivity contribution < 1.29 is 4.79 Å². The van der Waals surface area contributed by atoms with Crippen LogP contribution in [0.3, 0.4) is 0 Å². The van der Waals surface area contributed by atoms with Crippen molar-refractivity contribution in [2.45, 2.75) is 12.8 Å². The average molecular weight is 252 g/mol. The molecule has 1 amide bonds. The van der Waals surface area contributed by atoms with E-state index in [1.165, 1.54) is 0 Å². The first-order valence-corrected chi connectivity index (χ1v) is 6.02. The molecule has 2 unspecified atom stereocenters. The van der Waals surface area contributed by atoms with Gasteiger partial charge in [0.15, 0.2) is 5.82 Å². The molecule has 5 nitrogen and oxygen atoms in total. The van der Waals surface area contributed by atoms with Gasteiger partial charge in [-0.15, -0.1) is 0 Å². The number of aromatic nitrogens is 2. The number of carbonyl (C=O) groups is 1. The van der Waals surface area contributed by atoms with Crippen LogP contribution in [0.15, 0.2) is 30.3 Å². The van der Waals surface area contributed by atoms with E-state index in [1.807, 2.05) is 37.3 Å². The van der Waals surface area contributed by atoms with E-state index in [0.29, 0.717) is 5.82 Å². The SMILES string of the molecule is Cc1[nH]nc2c1C(c1ccccc1)C(C#N)C(=O)N2. The van der Waals surface area contributed by atoms with Crippen LogP contribution in [0.2, 0.25) is 0 Å². The average Bonchev–Trinajstić information content (AvgIpc) is 2.79. The Morgan fingerprint density at radius 1 is 1.32 bits per heavy atom. The monoisotopic (exact) mass is 252 g/mol. The van der Waals surface area contributed by atoms with E-state index < -0.39 is 5.92 Å². The fourth-order valence-electron chi connectivity index (χ4n) is 2.58. The van der Waals surface area contributed by atoms with E-state index in [-0.39, 0.29) is 11.8 Å². The zero-order valence-corrected chi connectivity index (χ0v) is 10.3. The van der Waals surface area contributed by atoms with Crippen LogP contribution >= 0.6 is 0 Å². The van der Waals surface area contributed by atoms with Crippen LogP contribution in [0.1, 0.15) is 22.7 Å².